The van der Waals surface area contributed by atoms with Gasteiger partial charge in [-0.05, 0) is 20.0 Å². The fraction of sp³-hybridized carbons (Fsp3) is 0.625. The van der Waals surface area contributed by atoms with Crippen molar-refractivity contribution >= 4 is 28.8 Å². The van der Waals surface area contributed by atoms with Crippen LogP contribution in [0.5, 0.6) is 0 Å². The lowest BCUT2D eigenvalue weighted by atomic mass is 10.4. The Balaban J connectivity index is 3.52. The second-order valence-electron chi connectivity index (χ2n) is 2.62. The van der Waals surface area contributed by atoms with Gasteiger partial charge < -0.3 is 4.90 Å². The van der Waals surface area contributed by atoms with Gasteiger partial charge >= 0.3 is 0 Å². The van der Waals surface area contributed by atoms with Gasteiger partial charge in [-0.15, -0.1) is 0 Å². The molecule has 0 fully saturated rings. The smallest absolute Gasteiger partial charge is 0.252 e. The first-order valence-corrected chi connectivity index (χ1v) is 5.04. The minimum atomic E-state index is -0.0551. The largest absolute Gasteiger partial charge is 0.303 e. The number of halogens is 1. The standard InChI is InChI=1S/C8H15IN2O/c1-3-6-11(2)7-4-5-8(12)10-9/h4-5H,3,6-7H2,1-2H3,(H,10,12)/b5-4+. The Morgan fingerprint density at radius 2 is 2.33 bits per heavy atom. The number of likely N-dealkylation sites (N-methyl/N-ethyl adjacent to an activating group) is 1. The van der Waals surface area contributed by atoms with Crippen LogP contribution in [0.2, 0.25) is 0 Å². The third kappa shape index (κ3) is 6.60. The highest BCUT2D eigenvalue weighted by molar-refractivity contribution is 14.1. The van der Waals surface area contributed by atoms with E-state index >= 15 is 0 Å². The molecule has 0 unspecified atom stereocenters. The molecule has 70 valence electrons. The molecule has 0 saturated carbocycles. The summed E-state index contributed by atoms with van der Waals surface area (Å²) in [4.78, 5) is 12.9. The molecule has 0 aromatic rings. The SMILES string of the molecule is CCCN(C)C/C=C/C(=O)NI. The molecule has 0 aromatic heterocycles. The minimum Gasteiger partial charge on any atom is -0.303 e. The molecule has 0 saturated heterocycles. The van der Waals surface area contributed by atoms with Crippen LogP contribution >= 0.6 is 22.9 Å². The van der Waals surface area contributed by atoms with Crippen LogP contribution in [0, 0.1) is 0 Å². The fourth-order valence-corrected chi connectivity index (χ4v) is 1.02. The van der Waals surface area contributed by atoms with Crippen molar-refractivity contribution < 1.29 is 4.79 Å². The van der Waals surface area contributed by atoms with E-state index in [4.69, 9.17) is 0 Å². The summed E-state index contributed by atoms with van der Waals surface area (Å²) in [5.74, 6) is -0.0551. The van der Waals surface area contributed by atoms with E-state index in [1.807, 2.05) is 36.0 Å². The first-order valence-electron chi connectivity index (χ1n) is 3.96. The molecule has 0 atom stereocenters. The molecule has 3 nitrogen and oxygen atoms in total. The third-order valence-corrected chi connectivity index (χ3v) is 1.92. The van der Waals surface area contributed by atoms with Gasteiger partial charge in [0.2, 0.25) is 0 Å². The minimum absolute atomic E-state index is 0.0551. The summed E-state index contributed by atoms with van der Waals surface area (Å²) in [6.45, 7) is 4.03. The molecule has 0 heterocycles. The summed E-state index contributed by atoms with van der Waals surface area (Å²) < 4.78 is 2.50. The number of amides is 1. The van der Waals surface area contributed by atoms with Crippen LogP contribution in [0.25, 0.3) is 0 Å². The highest BCUT2D eigenvalue weighted by Crippen LogP contribution is 1.87. The Kier molecular flexibility index (Phi) is 7.48. The number of rotatable bonds is 5. The van der Waals surface area contributed by atoms with Crippen molar-refractivity contribution in [2.75, 3.05) is 20.1 Å². The van der Waals surface area contributed by atoms with Crippen LogP contribution in [0.1, 0.15) is 13.3 Å². The van der Waals surface area contributed by atoms with Gasteiger partial charge in [0.25, 0.3) is 5.91 Å². The molecule has 0 bridgehead atoms. The van der Waals surface area contributed by atoms with E-state index in [-0.39, 0.29) is 5.91 Å². The predicted molar refractivity (Wildman–Crippen MR) is 59.1 cm³/mol. The molecule has 0 aliphatic carbocycles. The van der Waals surface area contributed by atoms with E-state index < -0.39 is 0 Å². The van der Waals surface area contributed by atoms with Gasteiger partial charge in [-0.2, -0.15) is 0 Å². The summed E-state index contributed by atoms with van der Waals surface area (Å²) >= 11 is 1.82. The van der Waals surface area contributed by atoms with Gasteiger partial charge in [-0.3, -0.25) is 8.32 Å². The number of hydrogen-bond acceptors (Lipinski definition) is 2. The Morgan fingerprint density at radius 3 is 2.83 bits per heavy atom. The van der Waals surface area contributed by atoms with E-state index in [0.29, 0.717) is 0 Å². The summed E-state index contributed by atoms with van der Waals surface area (Å²) in [7, 11) is 2.04. The van der Waals surface area contributed by atoms with Crippen LogP contribution < -0.4 is 3.53 Å². The lowest BCUT2D eigenvalue weighted by molar-refractivity contribution is -0.114. The van der Waals surface area contributed by atoms with Crippen LogP contribution in [-0.4, -0.2) is 30.9 Å². The zero-order valence-corrected chi connectivity index (χ0v) is 9.67. The molecule has 0 aromatic carbocycles. The zero-order valence-electron chi connectivity index (χ0n) is 7.51. The predicted octanol–water partition coefficient (Wildman–Crippen LogP) is 1.35. The quantitative estimate of drug-likeness (QED) is 0.469. The van der Waals surface area contributed by atoms with Crippen LogP contribution in [0.4, 0.5) is 0 Å². The highest BCUT2D eigenvalue weighted by Gasteiger charge is 1.92. The zero-order chi connectivity index (χ0) is 9.40. The molecule has 1 N–H and O–H groups in total. The lowest BCUT2D eigenvalue weighted by Gasteiger charge is -2.11. The molecular formula is C8H15IN2O. The summed E-state index contributed by atoms with van der Waals surface area (Å²) in [6, 6.07) is 0. The summed E-state index contributed by atoms with van der Waals surface area (Å²) in [6.07, 6.45) is 4.56. The molecule has 4 heteroatoms. The molecule has 0 spiro atoms. The van der Waals surface area contributed by atoms with Gasteiger partial charge in [0.1, 0.15) is 0 Å². The average molecular weight is 282 g/mol. The Bertz CT molecular complexity index is 159. The number of nitrogens with zero attached hydrogens (tertiary/aromatic N) is 1. The van der Waals surface area contributed by atoms with Crippen molar-refractivity contribution in [1.29, 1.82) is 0 Å². The van der Waals surface area contributed by atoms with Gasteiger partial charge in [0.15, 0.2) is 0 Å². The van der Waals surface area contributed by atoms with Crippen LogP contribution in [-0.2, 0) is 4.79 Å². The van der Waals surface area contributed by atoms with Crippen molar-refractivity contribution in [3.63, 3.8) is 0 Å². The molecule has 0 aliphatic heterocycles. The van der Waals surface area contributed by atoms with E-state index in [2.05, 4.69) is 15.4 Å². The Hall–Kier alpha value is -0.100. The normalized spacial score (nSPS) is 11.0. The average Bonchev–Trinajstić information content (AvgIpc) is 2.04. The number of hydrogen-bond donors (Lipinski definition) is 1. The number of carbonyl (C=O) groups excluding carboxylic acids is 1. The number of carbonyl (C=O) groups is 1. The maximum absolute atomic E-state index is 10.7. The van der Waals surface area contributed by atoms with Crippen LogP contribution in [0.3, 0.4) is 0 Å². The van der Waals surface area contributed by atoms with Gasteiger partial charge in [-0.1, -0.05) is 13.0 Å². The fourth-order valence-electron chi connectivity index (χ4n) is 0.844. The second kappa shape index (κ2) is 7.54. The van der Waals surface area contributed by atoms with Gasteiger partial charge in [0, 0.05) is 12.6 Å². The molecule has 12 heavy (non-hydrogen) atoms. The Labute approximate surface area is 87.7 Å². The van der Waals surface area contributed by atoms with E-state index in [0.717, 1.165) is 19.5 Å². The second-order valence-corrected chi connectivity index (χ2v) is 3.16. The van der Waals surface area contributed by atoms with Crippen molar-refractivity contribution in [2.24, 2.45) is 0 Å². The van der Waals surface area contributed by atoms with E-state index in [1.54, 1.807) is 6.08 Å². The summed E-state index contributed by atoms with van der Waals surface area (Å²) in [5, 5.41) is 0. The lowest BCUT2D eigenvalue weighted by Crippen LogP contribution is -2.19. The topological polar surface area (TPSA) is 32.3 Å². The molecule has 1 amide bonds. The monoisotopic (exact) mass is 282 g/mol. The molecule has 0 radical (unpaired) electrons. The van der Waals surface area contributed by atoms with Gasteiger partial charge in [0.05, 0.1) is 22.9 Å². The highest BCUT2D eigenvalue weighted by atomic mass is 127. The first kappa shape index (κ1) is 11.9. The van der Waals surface area contributed by atoms with Crippen molar-refractivity contribution in [3.05, 3.63) is 12.2 Å². The summed E-state index contributed by atoms with van der Waals surface area (Å²) in [5.41, 5.74) is 0. The van der Waals surface area contributed by atoms with Gasteiger partial charge in [-0.25, -0.2) is 0 Å². The van der Waals surface area contributed by atoms with E-state index in [1.165, 1.54) is 0 Å². The first-order chi connectivity index (χ1) is 5.70. The molecular weight excluding hydrogens is 267 g/mol. The maximum Gasteiger partial charge on any atom is 0.252 e. The molecule has 0 aliphatic rings. The van der Waals surface area contributed by atoms with Crippen LogP contribution in [0.15, 0.2) is 12.2 Å². The van der Waals surface area contributed by atoms with Crippen molar-refractivity contribution in [3.8, 4) is 0 Å². The van der Waals surface area contributed by atoms with Crippen molar-refractivity contribution in [1.82, 2.24) is 8.43 Å². The Morgan fingerprint density at radius 1 is 1.67 bits per heavy atom. The molecule has 0 rings (SSSR count). The maximum atomic E-state index is 10.7. The third-order valence-electron chi connectivity index (χ3n) is 1.38. The van der Waals surface area contributed by atoms with E-state index in [9.17, 15) is 4.79 Å². The van der Waals surface area contributed by atoms with Crippen molar-refractivity contribution in [2.45, 2.75) is 13.3 Å². The number of nitrogens with one attached hydrogen (secondary N) is 1.